The van der Waals surface area contributed by atoms with Crippen LogP contribution in [-0.2, 0) is 13.6 Å². The number of imidazole rings is 1. The Morgan fingerprint density at radius 2 is 2.15 bits per heavy atom. The van der Waals surface area contributed by atoms with Crippen LogP contribution in [0.1, 0.15) is 48.4 Å². The molecule has 0 bridgehead atoms. The number of fused-ring (bicyclic) bond motifs is 1. The summed E-state index contributed by atoms with van der Waals surface area (Å²) in [5.74, 6) is 2.08. The second-order valence-electron chi connectivity index (χ2n) is 7.08. The highest BCUT2D eigenvalue weighted by atomic mass is 16.5. The molecule has 1 aliphatic rings. The summed E-state index contributed by atoms with van der Waals surface area (Å²) in [6.07, 6.45) is 2.87. The van der Waals surface area contributed by atoms with Crippen molar-refractivity contribution in [1.29, 1.82) is 0 Å². The van der Waals surface area contributed by atoms with Gasteiger partial charge in [0.15, 0.2) is 5.82 Å². The van der Waals surface area contributed by atoms with Crippen LogP contribution in [0.15, 0.2) is 22.7 Å². The van der Waals surface area contributed by atoms with Gasteiger partial charge in [-0.05, 0) is 50.8 Å². The van der Waals surface area contributed by atoms with Gasteiger partial charge in [-0.25, -0.2) is 9.78 Å². The van der Waals surface area contributed by atoms with Gasteiger partial charge in [-0.1, -0.05) is 11.2 Å². The van der Waals surface area contributed by atoms with Crippen LogP contribution in [-0.4, -0.2) is 37.2 Å². The summed E-state index contributed by atoms with van der Waals surface area (Å²) in [6, 6.07) is 5.84. The lowest BCUT2D eigenvalue weighted by molar-refractivity contribution is 0.131. The molecule has 1 aromatic carbocycles. The number of likely N-dealkylation sites (tertiary alicyclic amines) is 1. The Balaban J connectivity index is 1.46. The number of hydrogen-bond donors (Lipinski definition) is 1. The molecule has 1 atom stereocenters. The quantitative estimate of drug-likeness (QED) is 0.768. The van der Waals surface area contributed by atoms with Gasteiger partial charge in [-0.3, -0.25) is 0 Å². The lowest BCUT2D eigenvalue weighted by atomic mass is 10.0. The van der Waals surface area contributed by atoms with Gasteiger partial charge in [0.2, 0.25) is 5.89 Å². The zero-order valence-corrected chi connectivity index (χ0v) is 15.9. The minimum Gasteiger partial charge on any atom is -0.337 e. The second kappa shape index (κ2) is 7.02. The molecule has 142 valence electrons. The van der Waals surface area contributed by atoms with E-state index in [9.17, 15) is 4.79 Å². The number of urea groups is 1. The number of hydrogen-bond acceptors (Lipinski definition) is 5. The van der Waals surface area contributed by atoms with Crippen LogP contribution >= 0.6 is 0 Å². The van der Waals surface area contributed by atoms with E-state index in [1.807, 2.05) is 32.2 Å². The summed E-state index contributed by atoms with van der Waals surface area (Å²) < 4.78 is 7.37. The van der Waals surface area contributed by atoms with Crippen molar-refractivity contribution in [2.45, 2.75) is 45.7 Å². The third-order valence-electron chi connectivity index (χ3n) is 5.20. The molecule has 2 amide bonds. The largest absolute Gasteiger partial charge is 0.337 e. The fourth-order valence-corrected chi connectivity index (χ4v) is 3.63. The van der Waals surface area contributed by atoms with E-state index in [1.165, 1.54) is 0 Å². The molecule has 27 heavy (non-hydrogen) atoms. The van der Waals surface area contributed by atoms with Crippen LogP contribution in [0.3, 0.4) is 0 Å². The van der Waals surface area contributed by atoms with Crippen molar-refractivity contribution in [2.75, 3.05) is 6.54 Å². The van der Waals surface area contributed by atoms with Crippen LogP contribution in [0, 0.1) is 13.8 Å². The fourth-order valence-electron chi connectivity index (χ4n) is 3.63. The number of nitrogens with zero attached hydrogens (tertiary/aromatic N) is 5. The van der Waals surface area contributed by atoms with E-state index < -0.39 is 0 Å². The molecule has 8 heteroatoms. The van der Waals surface area contributed by atoms with Crippen molar-refractivity contribution in [3.8, 4) is 0 Å². The maximum Gasteiger partial charge on any atom is 0.318 e. The monoisotopic (exact) mass is 368 g/mol. The molecule has 2 aromatic heterocycles. The minimum absolute atomic E-state index is 0.104. The lowest BCUT2D eigenvalue weighted by Gasteiger charge is -2.33. The van der Waals surface area contributed by atoms with E-state index in [-0.39, 0.29) is 12.1 Å². The molecule has 0 aliphatic carbocycles. The molecule has 4 rings (SSSR count). The minimum atomic E-state index is -0.152. The molecule has 3 aromatic rings. The van der Waals surface area contributed by atoms with Gasteiger partial charge in [0.05, 0.1) is 11.0 Å². The Labute approximate surface area is 157 Å². The Morgan fingerprint density at radius 1 is 1.30 bits per heavy atom. The van der Waals surface area contributed by atoms with Crippen molar-refractivity contribution in [2.24, 2.45) is 7.05 Å². The molecule has 1 fully saturated rings. The van der Waals surface area contributed by atoms with Gasteiger partial charge in [0.1, 0.15) is 11.9 Å². The van der Waals surface area contributed by atoms with Crippen LogP contribution in [0.4, 0.5) is 4.79 Å². The standard InChI is InChI=1S/C19H24N6O2/c1-12-21-18(27-23-12)17-6-4-5-9-25(17)19(26)20-11-14-7-8-16-15(10-14)22-13(2)24(16)3/h7-8,10,17H,4-6,9,11H2,1-3H3,(H,20,26). The highest BCUT2D eigenvalue weighted by Crippen LogP contribution is 2.29. The number of aromatic nitrogens is 4. The number of amides is 2. The van der Waals surface area contributed by atoms with Gasteiger partial charge in [0.25, 0.3) is 0 Å². The third kappa shape index (κ3) is 3.39. The highest BCUT2D eigenvalue weighted by molar-refractivity contribution is 5.77. The van der Waals surface area contributed by atoms with Crippen LogP contribution in [0.2, 0.25) is 0 Å². The fraction of sp³-hybridized carbons (Fsp3) is 0.474. The van der Waals surface area contributed by atoms with E-state index in [0.29, 0.717) is 24.8 Å². The number of benzene rings is 1. The topological polar surface area (TPSA) is 89.1 Å². The van der Waals surface area contributed by atoms with Gasteiger partial charge in [0, 0.05) is 20.1 Å². The Morgan fingerprint density at radius 3 is 2.93 bits per heavy atom. The highest BCUT2D eigenvalue weighted by Gasteiger charge is 2.31. The first-order valence-electron chi connectivity index (χ1n) is 9.29. The lowest BCUT2D eigenvalue weighted by Crippen LogP contribution is -2.44. The summed E-state index contributed by atoms with van der Waals surface area (Å²) >= 11 is 0. The molecule has 3 heterocycles. The number of nitrogens with one attached hydrogen (secondary N) is 1. The number of aryl methyl sites for hydroxylation is 3. The summed E-state index contributed by atoms with van der Waals surface area (Å²) in [6.45, 7) is 4.92. The molecule has 1 unspecified atom stereocenters. The van der Waals surface area contributed by atoms with Gasteiger partial charge < -0.3 is 19.3 Å². The van der Waals surface area contributed by atoms with Crippen molar-refractivity contribution in [1.82, 2.24) is 29.9 Å². The molecule has 0 radical (unpaired) electrons. The summed E-state index contributed by atoms with van der Waals surface area (Å²) in [5, 5.41) is 6.89. The second-order valence-corrected chi connectivity index (χ2v) is 7.08. The SMILES string of the molecule is Cc1noc(C2CCCCN2C(=O)NCc2ccc3c(c2)nc(C)n3C)n1. The average Bonchev–Trinajstić information content (AvgIpc) is 3.23. The van der Waals surface area contributed by atoms with Crippen LogP contribution in [0.25, 0.3) is 11.0 Å². The normalized spacial score (nSPS) is 17.4. The average molecular weight is 368 g/mol. The number of carbonyl (C=O) groups is 1. The maximum absolute atomic E-state index is 12.8. The summed E-state index contributed by atoms with van der Waals surface area (Å²) in [5.41, 5.74) is 3.06. The first-order valence-corrected chi connectivity index (χ1v) is 9.29. The maximum atomic E-state index is 12.8. The summed E-state index contributed by atoms with van der Waals surface area (Å²) in [4.78, 5) is 23.5. The zero-order valence-electron chi connectivity index (χ0n) is 15.9. The molecular formula is C19H24N6O2. The summed E-state index contributed by atoms with van der Waals surface area (Å²) in [7, 11) is 2.00. The molecule has 8 nitrogen and oxygen atoms in total. The zero-order chi connectivity index (χ0) is 19.0. The van der Waals surface area contributed by atoms with Crippen molar-refractivity contribution in [3.63, 3.8) is 0 Å². The molecule has 1 aliphatic heterocycles. The van der Waals surface area contributed by atoms with Gasteiger partial charge in [-0.2, -0.15) is 4.98 Å². The first kappa shape index (κ1) is 17.5. The first-order chi connectivity index (χ1) is 13.0. The van der Waals surface area contributed by atoms with Crippen molar-refractivity contribution >= 4 is 17.1 Å². The molecule has 1 N–H and O–H groups in total. The van der Waals surface area contributed by atoms with E-state index >= 15 is 0 Å². The predicted octanol–water partition coefficient (Wildman–Crippen LogP) is 3.01. The number of carbonyl (C=O) groups excluding carboxylic acids is 1. The van der Waals surface area contributed by atoms with E-state index in [0.717, 1.165) is 41.7 Å². The van der Waals surface area contributed by atoms with Crippen LogP contribution in [0.5, 0.6) is 0 Å². The smallest absolute Gasteiger partial charge is 0.318 e. The number of rotatable bonds is 3. The van der Waals surface area contributed by atoms with Gasteiger partial charge in [-0.15, -0.1) is 0 Å². The number of piperidine rings is 1. The Hall–Kier alpha value is -2.90. The third-order valence-corrected chi connectivity index (χ3v) is 5.20. The molecule has 0 saturated carbocycles. The Kier molecular flexibility index (Phi) is 4.55. The van der Waals surface area contributed by atoms with Crippen LogP contribution < -0.4 is 5.32 Å². The molecule has 1 saturated heterocycles. The van der Waals surface area contributed by atoms with E-state index in [4.69, 9.17) is 4.52 Å². The van der Waals surface area contributed by atoms with Gasteiger partial charge >= 0.3 is 6.03 Å². The Bertz CT molecular complexity index is 976. The van der Waals surface area contributed by atoms with E-state index in [2.05, 4.69) is 25.0 Å². The molecular weight excluding hydrogens is 344 g/mol. The van der Waals surface area contributed by atoms with E-state index in [1.54, 1.807) is 11.8 Å². The predicted molar refractivity (Wildman–Crippen MR) is 100 cm³/mol. The van der Waals surface area contributed by atoms with Crippen molar-refractivity contribution in [3.05, 3.63) is 41.3 Å². The van der Waals surface area contributed by atoms with Crippen molar-refractivity contribution < 1.29 is 9.32 Å². The molecule has 0 spiro atoms.